The van der Waals surface area contributed by atoms with E-state index in [2.05, 4.69) is 34.9 Å². The number of methoxy groups -OCH3 is 1. The number of nitrogens with one attached hydrogen (secondary N) is 1. The van der Waals surface area contributed by atoms with Crippen LogP contribution in [0, 0.1) is 5.92 Å². The Kier molecular flexibility index (Phi) is 4.78. The van der Waals surface area contributed by atoms with Crippen molar-refractivity contribution in [2.75, 3.05) is 13.7 Å². The van der Waals surface area contributed by atoms with Crippen molar-refractivity contribution in [2.45, 2.75) is 51.2 Å². The maximum atomic E-state index is 5.32. The molecule has 2 rings (SSSR count). The number of nitrogens with zero attached hydrogens (tertiary/aromatic N) is 2. The molecule has 1 N–H and O–H groups in total. The lowest BCUT2D eigenvalue weighted by molar-refractivity contribution is 0.136. The summed E-state index contributed by atoms with van der Waals surface area (Å²) in [6.45, 7) is 5.28. The number of ether oxygens (including phenoxy) is 1. The molecule has 4 nitrogen and oxygen atoms in total. The van der Waals surface area contributed by atoms with Crippen molar-refractivity contribution in [1.29, 1.82) is 0 Å². The van der Waals surface area contributed by atoms with Crippen molar-refractivity contribution in [3.8, 4) is 0 Å². The van der Waals surface area contributed by atoms with Crippen molar-refractivity contribution < 1.29 is 4.74 Å². The van der Waals surface area contributed by atoms with Crippen LogP contribution in [0.3, 0.4) is 0 Å². The van der Waals surface area contributed by atoms with Crippen LogP contribution in [0.5, 0.6) is 0 Å². The Morgan fingerprint density at radius 1 is 1.44 bits per heavy atom. The van der Waals surface area contributed by atoms with Gasteiger partial charge < -0.3 is 14.6 Å². The third kappa shape index (κ3) is 3.12. The van der Waals surface area contributed by atoms with Crippen LogP contribution in [0.25, 0.3) is 0 Å². The minimum Gasteiger partial charge on any atom is -0.383 e. The van der Waals surface area contributed by atoms with E-state index in [1.807, 2.05) is 12.5 Å². The fourth-order valence-corrected chi connectivity index (χ4v) is 2.84. The molecule has 1 aromatic heterocycles. The van der Waals surface area contributed by atoms with Gasteiger partial charge in [-0.1, -0.05) is 13.8 Å². The molecule has 0 amide bonds. The van der Waals surface area contributed by atoms with E-state index in [-0.39, 0.29) is 0 Å². The minimum atomic E-state index is 0.434. The van der Waals surface area contributed by atoms with Crippen LogP contribution < -0.4 is 5.32 Å². The average Bonchev–Trinajstić information content (AvgIpc) is 2.97. The van der Waals surface area contributed by atoms with E-state index in [1.54, 1.807) is 7.11 Å². The maximum Gasteiger partial charge on any atom is 0.0949 e. The van der Waals surface area contributed by atoms with E-state index in [0.717, 1.165) is 6.61 Å². The predicted molar refractivity (Wildman–Crippen MR) is 72.5 cm³/mol. The molecular weight excluding hydrogens is 226 g/mol. The predicted octanol–water partition coefficient (Wildman–Crippen LogP) is 2.24. The zero-order chi connectivity index (χ0) is 13.0. The number of imidazole rings is 1. The highest BCUT2D eigenvalue weighted by atomic mass is 16.5. The zero-order valence-corrected chi connectivity index (χ0v) is 11.7. The van der Waals surface area contributed by atoms with Crippen molar-refractivity contribution in [3.63, 3.8) is 0 Å². The van der Waals surface area contributed by atoms with Gasteiger partial charge in [-0.25, -0.2) is 4.98 Å². The molecular formula is C14H25N3O. The lowest BCUT2D eigenvalue weighted by Crippen LogP contribution is -2.46. The summed E-state index contributed by atoms with van der Waals surface area (Å²) >= 11 is 0. The fraction of sp³-hybridized carbons (Fsp3) is 0.786. The quantitative estimate of drug-likeness (QED) is 0.842. The molecule has 0 bridgehead atoms. The van der Waals surface area contributed by atoms with Crippen LogP contribution in [0.2, 0.25) is 0 Å². The van der Waals surface area contributed by atoms with Crippen molar-refractivity contribution in [1.82, 2.24) is 14.9 Å². The molecule has 1 fully saturated rings. The van der Waals surface area contributed by atoms with Gasteiger partial charge in [0.05, 0.1) is 12.9 Å². The van der Waals surface area contributed by atoms with Crippen LogP contribution in [-0.4, -0.2) is 35.4 Å². The number of aromatic nitrogens is 2. The lowest BCUT2D eigenvalue weighted by Gasteiger charge is -2.29. The summed E-state index contributed by atoms with van der Waals surface area (Å²) in [6.07, 6.45) is 9.65. The summed E-state index contributed by atoms with van der Waals surface area (Å²) < 4.78 is 7.56. The fourth-order valence-electron chi connectivity index (χ4n) is 2.84. The average molecular weight is 251 g/mol. The van der Waals surface area contributed by atoms with E-state index in [4.69, 9.17) is 4.74 Å². The maximum absolute atomic E-state index is 5.32. The standard InChI is InChI=1S/C14H25N3O/c1-11(2)13(9-18-3)16-12-5-4-6-14(12)17-8-7-15-10-17/h7-8,10-14,16H,4-6,9H2,1-3H3. The van der Waals surface area contributed by atoms with E-state index in [0.29, 0.717) is 24.0 Å². The largest absolute Gasteiger partial charge is 0.383 e. The van der Waals surface area contributed by atoms with E-state index < -0.39 is 0 Å². The smallest absolute Gasteiger partial charge is 0.0949 e. The molecule has 0 radical (unpaired) electrons. The minimum absolute atomic E-state index is 0.434. The Morgan fingerprint density at radius 3 is 2.89 bits per heavy atom. The van der Waals surface area contributed by atoms with Gasteiger partial charge in [0.25, 0.3) is 0 Å². The summed E-state index contributed by atoms with van der Waals surface area (Å²) in [7, 11) is 1.78. The van der Waals surface area contributed by atoms with Crippen LogP contribution in [0.4, 0.5) is 0 Å². The van der Waals surface area contributed by atoms with Gasteiger partial charge in [-0.2, -0.15) is 0 Å². The first-order valence-electron chi connectivity index (χ1n) is 6.94. The normalized spacial score (nSPS) is 25.8. The molecule has 3 unspecified atom stereocenters. The molecule has 0 aromatic carbocycles. The van der Waals surface area contributed by atoms with Crippen molar-refractivity contribution in [2.24, 2.45) is 5.92 Å². The second-order valence-electron chi connectivity index (χ2n) is 5.59. The second-order valence-corrected chi connectivity index (χ2v) is 5.59. The van der Waals surface area contributed by atoms with Crippen LogP contribution in [-0.2, 0) is 4.74 Å². The zero-order valence-electron chi connectivity index (χ0n) is 11.7. The highest BCUT2D eigenvalue weighted by molar-refractivity contribution is 4.93. The van der Waals surface area contributed by atoms with Crippen LogP contribution >= 0.6 is 0 Å². The van der Waals surface area contributed by atoms with Gasteiger partial charge in [0, 0.05) is 37.6 Å². The molecule has 4 heteroatoms. The first kappa shape index (κ1) is 13.6. The van der Waals surface area contributed by atoms with Gasteiger partial charge >= 0.3 is 0 Å². The van der Waals surface area contributed by atoms with E-state index in [1.165, 1.54) is 19.3 Å². The summed E-state index contributed by atoms with van der Waals surface area (Å²) in [5, 5.41) is 3.78. The van der Waals surface area contributed by atoms with Gasteiger partial charge in [-0.3, -0.25) is 0 Å². The van der Waals surface area contributed by atoms with E-state index >= 15 is 0 Å². The molecule has 1 saturated carbocycles. The Hall–Kier alpha value is -0.870. The van der Waals surface area contributed by atoms with Gasteiger partial charge in [0.2, 0.25) is 0 Å². The molecule has 1 aliphatic carbocycles. The van der Waals surface area contributed by atoms with Crippen LogP contribution in [0.15, 0.2) is 18.7 Å². The van der Waals surface area contributed by atoms with Crippen molar-refractivity contribution in [3.05, 3.63) is 18.7 Å². The SMILES string of the molecule is COCC(NC1CCCC1n1ccnc1)C(C)C. The highest BCUT2D eigenvalue weighted by Gasteiger charge is 2.30. The Bertz CT molecular complexity index is 337. The lowest BCUT2D eigenvalue weighted by atomic mass is 10.0. The number of rotatable bonds is 6. The highest BCUT2D eigenvalue weighted by Crippen LogP contribution is 2.30. The molecule has 102 valence electrons. The number of hydrogen-bond donors (Lipinski definition) is 1. The molecule has 0 spiro atoms. The monoisotopic (exact) mass is 251 g/mol. The molecule has 0 aliphatic heterocycles. The summed E-state index contributed by atoms with van der Waals surface area (Å²) in [5.41, 5.74) is 0. The molecule has 3 atom stereocenters. The van der Waals surface area contributed by atoms with Gasteiger partial charge in [0.15, 0.2) is 0 Å². The van der Waals surface area contributed by atoms with Crippen molar-refractivity contribution >= 4 is 0 Å². The Labute approximate surface area is 110 Å². The van der Waals surface area contributed by atoms with Gasteiger partial charge in [-0.15, -0.1) is 0 Å². The van der Waals surface area contributed by atoms with Gasteiger partial charge in [-0.05, 0) is 25.2 Å². The molecule has 18 heavy (non-hydrogen) atoms. The Balaban J connectivity index is 1.98. The topological polar surface area (TPSA) is 39.1 Å². The summed E-state index contributed by atoms with van der Waals surface area (Å²) in [6, 6.07) is 1.52. The summed E-state index contributed by atoms with van der Waals surface area (Å²) in [4.78, 5) is 4.16. The molecule has 0 saturated heterocycles. The van der Waals surface area contributed by atoms with Crippen LogP contribution in [0.1, 0.15) is 39.2 Å². The first-order chi connectivity index (χ1) is 8.72. The van der Waals surface area contributed by atoms with Gasteiger partial charge in [0.1, 0.15) is 0 Å². The second kappa shape index (κ2) is 6.34. The summed E-state index contributed by atoms with van der Waals surface area (Å²) in [5.74, 6) is 0.592. The molecule has 1 heterocycles. The third-order valence-electron chi connectivity index (χ3n) is 3.97. The first-order valence-corrected chi connectivity index (χ1v) is 6.94. The third-order valence-corrected chi connectivity index (χ3v) is 3.97. The molecule has 1 aliphatic rings. The number of hydrogen-bond acceptors (Lipinski definition) is 3. The Morgan fingerprint density at radius 2 is 2.28 bits per heavy atom. The molecule has 1 aromatic rings. The van der Waals surface area contributed by atoms with E-state index in [9.17, 15) is 0 Å².